The molecule has 98 valence electrons. The Morgan fingerprint density at radius 3 is 2.80 bits per heavy atom. The number of nitriles is 1. The first-order valence-electron chi connectivity index (χ1n) is 5.98. The van der Waals surface area contributed by atoms with Crippen LogP contribution in [0.4, 0.5) is 0 Å². The van der Waals surface area contributed by atoms with Crippen molar-refractivity contribution in [2.24, 2.45) is 0 Å². The van der Waals surface area contributed by atoms with Crippen LogP contribution in [0.5, 0.6) is 0 Å². The van der Waals surface area contributed by atoms with E-state index < -0.39 is 11.9 Å². The van der Waals surface area contributed by atoms with Crippen LogP contribution >= 0.6 is 0 Å². The van der Waals surface area contributed by atoms with E-state index in [9.17, 15) is 9.90 Å². The lowest BCUT2D eigenvalue weighted by Gasteiger charge is -2.11. The number of H-pyrrole nitrogens is 1. The predicted octanol–water partition coefficient (Wildman–Crippen LogP) is 2.07. The lowest BCUT2D eigenvalue weighted by atomic mass is 10.00. The smallest absolute Gasteiger partial charge is 0.408 e. The minimum atomic E-state index is -0.882. The minimum Gasteiger partial charge on any atom is -0.408 e. The summed E-state index contributed by atoms with van der Waals surface area (Å²) < 4.78 is 4.96. The van der Waals surface area contributed by atoms with E-state index in [-0.39, 0.29) is 0 Å². The van der Waals surface area contributed by atoms with Crippen LogP contribution in [0, 0.1) is 11.3 Å². The van der Waals surface area contributed by atoms with Crippen molar-refractivity contribution in [1.82, 2.24) is 4.98 Å². The van der Waals surface area contributed by atoms with Gasteiger partial charge in [0.05, 0.1) is 17.1 Å². The second-order valence-corrected chi connectivity index (χ2v) is 4.41. The van der Waals surface area contributed by atoms with Gasteiger partial charge in [0.15, 0.2) is 5.58 Å². The standard InChI is InChI=1S/C15H10N2O3/c16-8-9-2-1-3-10(6-9)14(18)11-4-5-12-13(7-11)20-15(19)17-12/h1-7,14,18H,(H,17,19). The van der Waals surface area contributed by atoms with Crippen molar-refractivity contribution in [2.45, 2.75) is 6.10 Å². The molecule has 2 N–H and O–H groups in total. The molecule has 0 fully saturated rings. The second-order valence-electron chi connectivity index (χ2n) is 4.41. The van der Waals surface area contributed by atoms with Gasteiger partial charge >= 0.3 is 5.76 Å². The van der Waals surface area contributed by atoms with Crippen LogP contribution in [0.2, 0.25) is 0 Å². The monoisotopic (exact) mass is 266 g/mol. The molecule has 0 bridgehead atoms. The molecule has 0 radical (unpaired) electrons. The highest BCUT2D eigenvalue weighted by Crippen LogP contribution is 2.25. The molecule has 0 aliphatic carbocycles. The zero-order chi connectivity index (χ0) is 14.1. The van der Waals surface area contributed by atoms with Crippen LogP contribution in [-0.2, 0) is 0 Å². The summed E-state index contributed by atoms with van der Waals surface area (Å²) >= 11 is 0. The van der Waals surface area contributed by atoms with Gasteiger partial charge in [-0.25, -0.2) is 4.79 Å². The third kappa shape index (κ3) is 2.09. The molecular weight excluding hydrogens is 256 g/mol. The number of nitrogens with zero attached hydrogens (tertiary/aromatic N) is 1. The van der Waals surface area contributed by atoms with Crippen molar-refractivity contribution in [2.75, 3.05) is 0 Å². The summed E-state index contributed by atoms with van der Waals surface area (Å²) in [7, 11) is 0. The summed E-state index contributed by atoms with van der Waals surface area (Å²) in [6, 6.07) is 13.8. The molecule has 5 nitrogen and oxygen atoms in total. The molecule has 1 unspecified atom stereocenters. The molecule has 0 amide bonds. The normalized spacial score (nSPS) is 12.2. The largest absolute Gasteiger partial charge is 0.417 e. The summed E-state index contributed by atoms with van der Waals surface area (Å²) in [6.07, 6.45) is -0.882. The van der Waals surface area contributed by atoms with Gasteiger partial charge in [0, 0.05) is 0 Å². The number of nitrogens with one attached hydrogen (secondary N) is 1. The summed E-state index contributed by atoms with van der Waals surface area (Å²) in [5.41, 5.74) is 2.66. The van der Waals surface area contributed by atoms with Gasteiger partial charge in [0.1, 0.15) is 6.10 Å². The quantitative estimate of drug-likeness (QED) is 0.743. The Hall–Kier alpha value is -2.84. The molecule has 1 heterocycles. The third-order valence-corrected chi connectivity index (χ3v) is 3.09. The lowest BCUT2D eigenvalue weighted by molar-refractivity contribution is 0.220. The topological polar surface area (TPSA) is 90.0 Å². The molecule has 1 atom stereocenters. The van der Waals surface area contributed by atoms with E-state index in [0.29, 0.717) is 27.8 Å². The molecule has 1 aromatic heterocycles. The van der Waals surface area contributed by atoms with Crippen molar-refractivity contribution in [3.63, 3.8) is 0 Å². The van der Waals surface area contributed by atoms with Crippen LogP contribution in [0.1, 0.15) is 22.8 Å². The number of aromatic nitrogens is 1. The average Bonchev–Trinajstić information content (AvgIpc) is 2.85. The number of benzene rings is 2. The molecule has 3 aromatic rings. The summed E-state index contributed by atoms with van der Waals surface area (Å²) in [4.78, 5) is 13.6. The van der Waals surface area contributed by atoms with Gasteiger partial charge in [-0.2, -0.15) is 5.26 Å². The molecule has 0 aliphatic rings. The highest BCUT2D eigenvalue weighted by Gasteiger charge is 2.13. The first-order chi connectivity index (χ1) is 9.67. The predicted molar refractivity (Wildman–Crippen MR) is 72.1 cm³/mol. The maximum absolute atomic E-state index is 11.1. The van der Waals surface area contributed by atoms with Crippen molar-refractivity contribution >= 4 is 11.1 Å². The van der Waals surface area contributed by atoms with Crippen molar-refractivity contribution in [3.05, 3.63) is 69.7 Å². The minimum absolute atomic E-state index is 0.392. The second kappa shape index (κ2) is 4.68. The summed E-state index contributed by atoms with van der Waals surface area (Å²) in [5, 5.41) is 19.2. The molecule has 3 rings (SSSR count). The fraction of sp³-hybridized carbons (Fsp3) is 0.0667. The SMILES string of the molecule is N#Cc1cccc(C(O)c2ccc3[nH]c(=O)oc3c2)c1. The number of rotatable bonds is 2. The maximum atomic E-state index is 11.1. The molecule has 0 saturated heterocycles. The van der Waals surface area contributed by atoms with Gasteiger partial charge in [-0.3, -0.25) is 4.98 Å². The van der Waals surface area contributed by atoms with E-state index >= 15 is 0 Å². The van der Waals surface area contributed by atoms with E-state index in [0.717, 1.165) is 0 Å². The summed E-state index contributed by atoms with van der Waals surface area (Å²) in [5.74, 6) is -0.530. The number of aromatic amines is 1. The zero-order valence-electron chi connectivity index (χ0n) is 10.3. The van der Waals surface area contributed by atoms with E-state index in [1.54, 1.807) is 42.5 Å². The van der Waals surface area contributed by atoms with Crippen molar-refractivity contribution in [1.29, 1.82) is 5.26 Å². The number of oxazole rings is 1. The highest BCUT2D eigenvalue weighted by atomic mass is 16.4. The van der Waals surface area contributed by atoms with Crippen LogP contribution < -0.4 is 5.76 Å². The van der Waals surface area contributed by atoms with Crippen molar-refractivity contribution < 1.29 is 9.52 Å². The zero-order valence-corrected chi connectivity index (χ0v) is 10.3. The first-order valence-corrected chi connectivity index (χ1v) is 5.98. The van der Waals surface area contributed by atoms with Crippen LogP contribution in [-0.4, -0.2) is 10.1 Å². The van der Waals surface area contributed by atoms with Crippen LogP contribution in [0.3, 0.4) is 0 Å². The van der Waals surface area contributed by atoms with Gasteiger partial charge in [-0.15, -0.1) is 0 Å². The number of hydrogen-bond donors (Lipinski definition) is 2. The first kappa shape index (κ1) is 12.2. The Balaban J connectivity index is 2.04. The lowest BCUT2D eigenvalue weighted by Crippen LogP contribution is -1.99. The fourth-order valence-electron chi connectivity index (χ4n) is 2.10. The van der Waals surface area contributed by atoms with E-state index in [1.165, 1.54) is 0 Å². The molecule has 20 heavy (non-hydrogen) atoms. The Bertz CT molecular complexity index is 870. The number of aliphatic hydroxyl groups excluding tert-OH is 1. The van der Waals surface area contributed by atoms with Crippen LogP contribution in [0.15, 0.2) is 51.7 Å². The number of hydrogen-bond acceptors (Lipinski definition) is 4. The Morgan fingerprint density at radius 2 is 2.00 bits per heavy atom. The fourth-order valence-corrected chi connectivity index (χ4v) is 2.10. The third-order valence-electron chi connectivity index (χ3n) is 3.09. The highest BCUT2D eigenvalue weighted by molar-refractivity contribution is 5.73. The molecular formula is C15H10N2O3. The molecule has 5 heteroatoms. The Morgan fingerprint density at radius 1 is 1.20 bits per heavy atom. The molecule has 0 aliphatic heterocycles. The van der Waals surface area contributed by atoms with Gasteiger partial charge < -0.3 is 9.52 Å². The summed E-state index contributed by atoms with van der Waals surface area (Å²) in [6.45, 7) is 0. The average molecular weight is 266 g/mol. The number of aliphatic hydroxyl groups is 1. The van der Waals surface area contributed by atoms with E-state index in [1.807, 2.05) is 6.07 Å². The van der Waals surface area contributed by atoms with Gasteiger partial charge in [-0.1, -0.05) is 18.2 Å². The van der Waals surface area contributed by atoms with Crippen molar-refractivity contribution in [3.8, 4) is 6.07 Å². The molecule has 0 saturated carbocycles. The molecule has 0 spiro atoms. The van der Waals surface area contributed by atoms with Gasteiger partial charge in [-0.05, 0) is 35.4 Å². The number of fused-ring (bicyclic) bond motifs is 1. The van der Waals surface area contributed by atoms with E-state index in [2.05, 4.69) is 4.98 Å². The Kier molecular flexibility index (Phi) is 2.86. The maximum Gasteiger partial charge on any atom is 0.417 e. The van der Waals surface area contributed by atoms with E-state index in [4.69, 9.17) is 9.68 Å². The van der Waals surface area contributed by atoms with Gasteiger partial charge in [0.2, 0.25) is 0 Å². The van der Waals surface area contributed by atoms with Gasteiger partial charge in [0.25, 0.3) is 0 Å². The Labute approximate surface area is 113 Å². The molecule has 2 aromatic carbocycles. The van der Waals surface area contributed by atoms with Crippen LogP contribution in [0.25, 0.3) is 11.1 Å².